The minimum atomic E-state index is -0.998. The van der Waals surface area contributed by atoms with Gasteiger partial charge in [-0.05, 0) is 6.42 Å². The zero-order valence-corrected chi connectivity index (χ0v) is 14.8. The number of thiazole rings is 1. The third-order valence-electron chi connectivity index (χ3n) is 4.49. The summed E-state index contributed by atoms with van der Waals surface area (Å²) >= 11 is 1.50. The van der Waals surface area contributed by atoms with Gasteiger partial charge in [0, 0.05) is 31.1 Å². The molecule has 1 amide bonds. The highest BCUT2D eigenvalue weighted by atomic mass is 32.1. The topological polar surface area (TPSA) is 79.7 Å². The normalized spacial score (nSPS) is 20.0. The number of amides is 1. The molecule has 7 heteroatoms. The van der Waals surface area contributed by atoms with Crippen molar-refractivity contribution in [3.05, 3.63) is 41.4 Å². The van der Waals surface area contributed by atoms with E-state index >= 15 is 0 Å². The fourth-order valence-corrected chi connectivity index (χ4v) is 3.91. The second kappa shape index (κ2) is 7.33. The number of hydrogen-bond donors (Lipinski definition) is 1. The Bertz CT molecular complexity index is 761. The van der Waals surface area contributed by atoms with E-state index in [1.807, 2.05) is 35.7 Å². The number of aromatic nitrogens is 1. The van der Waals surface area contributed by atoms with Gasteiger partial charge in [-0.1, -0.05) is 30.3 Å². The molecular weight excluding hydrogens is 340 g/mol. The number of aliphatic carboxylic acids is 1. The minimum absolute atomic E-state index is 0.0934. The molecule has 3 rings (SSSR count). The maximum absolute atomic E-state index is 12.5. The van der Waals surface area contributed by atoms with Gasteiger partial charge in [0.1, 0.15) is 10.4 Å². The maximum atomic E-state index is 12.5. The van der Waals surface area contributed by atoms with Gasteiger partial charge >= 0.3 is 5.97 Å². The molecular formula is C18H20N2O4S. The average Bonchev–Trinajstić information content (AvgIpc) is 3.24. The number of carbonyl (C=O) groups is 2. The van der Waals surface area contributed by atoms with Crippen LogP contribution in [0.5, 0.6) is 0 Å². The second-order valence-corrected chi connectivity index (χ2v) is 7.13. The molecule has 1 aromatic carbocycles. The highest BCUT2D eigenvalue weighted by molar-refractivity contribution is 7.13. The lowest BCUT2D eigenvalue weighted by atomic mass is 9.88. The Balaban J connectivity index is 1.65. The molecule has 0 radical (unpaired) electrons. The number of benzene rings is 1. The fraction of sp³-hybridized carbons (Fsp3) is 0.389. The van der Waals surface area contributed by atoms with Crippen LogP contribution >= 0.6 is 11.3 Å². The monoisotopic (exact) mass is 360 g/mol. The zero-order chi connectivity index (χ0) is 17.9. The first-order valence-corrected chi connectivity index (χ1v) is 8.92. The highest BCUT2D eigenvalue weighted by Crippen LogP contribution is 2.32. The summed E-state index contributed by atoms with van der Waals surface area (Å²) in [5.74, 6) is -1.01. The molecule has 1 unspecified atom stereocenters. The van der Waals surface area contributed by atoms with Crippen molar-refractivity contribution in [3.63, 3.8) is 0 Å². The van der Waals surface area contributed by atoms with Gasteiger partial charge in [0.15, 0.2) is 0 Å². The number of rotatable bonds is 6. The molecule has 1 aliphatic rings. The SMILES string of the molecule is COCC1(C(=O)O)CCN(C(=O)Cc2csc(-c3ccccc3)n2)C1. The number of ether oxygens (including phenoxy) is 1. The molecule has 6 nitrogen and oxygen atoms in total. The van der Waals surface area contributed by atoms with Crippen molar-refractivity contribution in [1.82, 2.24) is 9.88 Å². The van der Waals surface area contributed by atoms with E-state index in [0.717, 1.165) is 10.6 Å². The van der Waals surface area contributed by atoms with E-state index in [2.05, 4.69) is 4.98 Å². The zero-order valence-electron chi connectivity index (χ0n) is 14.0. The molecule has 1 aliphatic heterocycles. The minimum Gasteiger partial charge on any atom is -0.481 e. The van der Waals surface area contributed by atoms with Crippen LogP contribution < -0.4 is 0 Å². The van der Waals surface area contributed by atoms with Crippen LogP contribution in [0.2, 0.25) is 0 Å². The van der Waals surface area contributed by atoms with Crippen LogP contribution in [0.3, 0.4) is 0 Å². The van der Waals surface area contributed by atoms with Crippen molar-refractivity contribution in [2.75, 3.05) is 26.8 Å². The van der Waals surface area contributed by atoms with Gasteiger partial charge in [-0.3, -0.25) is 9.59 Å². The number of carboxylic acids is 1. The third kappa shape index (κ3) is 3.72. The Labute approximate surface area is 150 Å². The second-order valence-electron chi connectivity index (χ2n) is 6.27. The van der Waals surface area contributed by atoms with E-state index in [-0.39, 0.29) is 25.5 Å². The largest absolute Gasteiger partial charge is 0.481 e. The first kappa shape index (κ1) is 17.6. The molecule has 1 saturated heterocycles. The molecule has 1 fully saturated rings. The summed E-state index contributed by atoms with van der Waals surface area (Å²) < 4.78 is 5.06. The van der Waals surface area contributed by atoms with Crippen LogP contribution in [0.1, 0.15) is 12.1 Å². The number of methoxy groups -OCH3 is 1. The van der Waals surface area contributed by atoms with Crippen molar-refractivity contribution in [3.8, 4) is 10.6 Å². The van der Waals surface area contributed by atoms with Gasteiger partial charge in [-0.15, -0.1) is 11.3 Å². The van der Waals surface area contributed by atoms with E-state index in [1.165, 1.54) is 18.4 Å². The quantitative estimate of drug-likeness (QED) is 0.855. The smallest absolute Gasteiger partial charge is 0.313 e. The molecule has 0 bridgehead atoms. The molecule has 0 aliphatic carbocycles. The Kier molecular flexibility index (Phi) is 5.15. The van der Waals surface area contributed by atoms with E-state index < -0.39 is 11.4 Å². The first-order chi connectivity index (χ1) is 12.0. The van der Waals surface area contributed by atoms with Gasteiger partial charge in [0.05, 0.1) is 18.7 Å². The van der Waals surface area contributed by atoms with Crippen molar-refractivity contribution in [1.29, 1.82) is 0 Å². The summed E-state index contributed by atoms with van der Waals surface area (Å²) in [6.45, 7) is 0.732. The van der Waals surface area contributed by atoms with Crippen LogP contribution in [0.25, 0.3) is 10.6 Å². The standard InChI is InChI=1S/C18H20N2O4S/c1-24-12-18(17(22)23)7-8-20(11-18)15(21)9-14-10-25-16(19-14)13-5-3-2-4-6-13/h2-6,10H,7-9,11-12H2,1H3,(H,22,23). The molecule has 0 spiro atoms. The summed E-state index contributed by atoms with van der Waals surface area (Å²) in [6.07, 6.45) is 0.597. The number of carbonyl (C=O) groups excluding carboxylic acids is 1. The Hall–Kier alpha value is -2.25. The summed E-state index contributed by atoms with van der Waals surface area (Å²) in [5, 5.41) is 12.2. The molecule has 2 heterocycles. The number of carboxylic acid groups (broad SMARTS) is 1. The van der Waals surface area contributed by atoms with Gasteiger partial charge in [0.25, 0.3) is 0 Å². The number of likely N-dealkylation sites (tertiary alicyclic amines) is 1. The van der Waals surface area contributed by atoms with Crippen LogP contribution in [0, 0.1) is 5.41 Å². The highest BCUT2D eigenvalue weighted by Gasteiger charge is 2.46. The van der Waals surface area contributed by atoms with E-state index in [9.17, 15) is 14.7 Å². The van der Waals surface area contributed by atoms with E-state index in [4.69, 9.17) is 4.74 Å². The van der Waals surface area contributed by atoms with Crippen LogP contribution in [-0.4, -0.2) is 53.7 Å². The lowest BCUT2D eigenvalue weighted by Crippen LogP contribution is -2.40. The summed E-state index contributed by atoms with van der Waals surface area (Å²) in [7, 11) is 1.48. The third-order valence-corrected chi connectivity index (χ3v) is 5.43. The molecule has 132 valence electrons. The summed E-state index contributed by atoms with van der Waals surface area (Å²) in [6, 6.07) is 9.82. The van der Waals surface area contributed by atoms with Crippen molar-refractivity contribution < 1.29 is 19.4 Å². The average molecular weight is 360 g/mol. The number of hydrogen-bond acceptors (Lipinski definition) is 5. The van der Waals surface area contributed by atoms with Crippen LogP contribution in [0.15, 0.2) is 35.7 Å². The molecule has 2 aromatic rings. The first-order valence-electron chi connectivity index (χ1n) is 8.04. The van der Waals surface area contributed by atoms with Gasteiger partial charge in [0.2, 0.25) is 5.91 Å². The maximum Gasteiger partial charge on any atom is 0.313 e. The molecule has 1 atom stereocenters. The van der Waals surface area contributed by atoms with Crippen LogP contribution in [-0.2, 0) is 20.7 Å². The van der Waals surface area contributed by atoms with Gasteiger partial charge < -0.3 is 14.7 Å². The van der Waals surface area contributed by atoms with Crippen molar-refractivity contribution in [2.24, 2.45) is 5.41 Å². The Morgan fingerprint density at radius 1 is 1.36 bits per heavy atom. The van der Waals surface area contributed by atoms with Crippen molar-refractivity contribution >= 4 is 23.2 Å². The fourth-order valence-electron chi connectivity index (χ4n) is 3.08. The Morgan fingerprint density at radius 3 is 2.80 bits per heavy atom. The molecule has 1 N–H and O–H groups in total. The van der Waals surface area contributed by atoms with Crippen molar-refractivity contribution in [2.45, 2.75) is 12.8 Å². The summed E-state index contributed by atoms with van der Waals surface area (Å²) in [5.41, 5.74) is 0.743. The lowest BCUT2D eigenvalue weighted by Gasteiger charge is -2.23. The molecule has 0 saturated carbocycles. The predicted octanol–water partition coefficient (Wildman–Crippen LogP) is 2.30. The van der Waals surface area contributed by atoms with Crippen LogP contribution in [0.4, 0.5) is 0 Å². The van der Waals surface area contributed by atoms with E-state index in [0.29, 0.717) is 18.7 Å². The Morgan fingerprint density at radius 2 is 2.12 bits per heavy atom. The van der Waals surface area contributed by atoms with Gasteiger partial charge in [-0.25, -0.2) is 4.98 Å². The predicted molar refractivity (Wildman–Crippen MR) is 94.4 cm³/mol. The molecule has 25 heavy (non-hydrogen) atoms. The van der Waals surface area contributed by atoms with Gasteiger partial charge in [-0.2, -0.15) is 0 Å². The molecule has 1 aromatic heterocycles. The summed E-state index contributed by atoms with van der Waals surface area (Å²) in [4.78, 5) is 30.2. The lowest BCUT2D eigenvalue weighted by molar-refractivity contribution is -0.151. The number of nitrogens with zero attached hydrogens (tertiary/aromatic N) is 2. The van der Waals surface area contributed by atoms with E-state index in [1.54, 1.807) is 4.90 Å².